The van der Waals surface area contributed by atoms with Crippen LogP contribution in [0, 0.1) is 19.7 Å². The summed E-state index contributed by atoms with van der Waals surface area (Å²) in [4.78, 5) is 16.5. The van der Waals surface area contributed by atoms with Crippen LogP contribution in [-0.2, 0) is 31.7 Å². The Morgan fingerprint density at radius 1 is 1.28 bits per heavy atom. The molecule has 1 N–H and O–H groups in total. The van der Waals surface area contributed by atoms with Crippen LogP contribution in [0.25, 0.3) is 11.0 Å². The highest BCUT2D eigenvalue weighted by atomic mass is 19.1. The molecule has 6 nitrogen and oxygen atoms in total. The molecule has 1 amide bonds. The van der Waals surface area contributed by atoms with Gasteiger partial charge in [-0.05, 0) is 26.0 Å². The summed E-state index contributed by atoms with van der Waals surface area (Å²) >= 11 is 0. The SMILES string of the molecule is Cc1nn(C)c(C)c1CC(=O)NCCc1nc2c(F)cccc2n1C. The summed E-state index contributed by atoms with van der Waals surface area (Å²) in [5.74, 6) is 0.365. The van der Waals surface area contributed by atoms with Gasteiger partial charge in [0, 0.05) is 38.3 Å². The van der Waals surface area contributed by atoms with Gasteiger partial charge in [-0.2, -0.15) is 5.10 Å². The van der Waals surface area contributed by atoms with Crippen LogP contribution in [0.2, 0.25) is 0 Å². The van der Waals surface area contributed by atoms with Crippen LogP contribution in [-0.4, -0.2) is 31.8 Å². The van der Waals surface area contributed by atoms with Gasteiger partial charge >= 0.3 is 0 Å². The lowest BCUT2D eigenvalue weighted by molar-refractivity contribution is -0.120. The average Bonchev–Trinajstić information content (AvgIpc) is 3.01. The zero-order valence-corrected chi connectivity index (χ0v) is 14.9. The van der Waals surface area contributed by atoms with E-state index in [1.165, 1.54) is 6.07 Å². The van der Waals surface area contributed by atoms with Crippen LogP contribution in [0.5, 0.6) is 0 Å². The van der Waals surface area contributed by atoms with Crippen molar-refractivity contribution in [2.45, 2.75) is 26.7 Å². The Morgan fingerprint density at radius 2 is 2.04 bits per heavy atom. The fourth-order valence-corrected chi connectivity index (χ4v) is 3.06. The van der Waals surface area contributed by atoms with Gasteiger partial charge in [-0.1, -0.05) is 6.07 Å². The maximum atomic E-state index is 13.8. The molecule has 2 heterocycles. The zero-order valence-electron chi connectivity index (χ0n) is 14.9. The fraction of sp³-hybridized carbons (Fsp3) is 0.389. The molecular formula is C18H22FN5O. The minimum Gasteiger partial charge on any atom is -0.355 e. The number of carbonyl (C=O) groups excluding carboxylic acids is 1. The number of aryl methyl sites for hydroxylation is 3. The molecule has 0 fully saturated rings. The van der Waals surface area contributed by atoms with Crippen molar-refractivity contribution in [2.75, 3.05) is 6.54 Å². The minimum absolute atomic E-state index is 0.0517. The second-order valence-corrected chi connectivity index (χ2v) is 6.24. The normalized spacial score (nSPS) is 11.2. The molecular weight excluding hydrogens is 321 g/mol. The van der Waals surface area contributed by atoms with Gasteiger partial charge in [0.1, 0.15) is 11.3 Å². The summed E-state index contributed by atoms with van der Waals surface area (Å²) in [5, 5.41) is 7.23. The summed E-state index contributed by atoms with van der Waals surface area (Å²) in [5.41, 5.74) is 3.96. The van der Waals surface area contributed by atoms with E-state index < -0.39 is 0 Å². The monoisotopic (exact) mass is 343 g/mol. The third kappa shape index (κ3) is 3.26. The Hall–Kier alpha value is -2.70. The number of halogens is 1. The molecule has 3 rings (SSSR count). The molecule has 0 aliphatic heterocycles. The molecule has 0 bridgehead atoms. The third-order valence-corrected chi connectivity index (χ3v) is 4.62. The number of nitrogens with one attached hydrogen (secondary N) is 1. The molecule has 0 radical (unpaired) electrons. The van der Waals surface area contributed by atoms with E-state index in [0.29, 0.717) is 24.9 Å². The number of amides is 1. The van der Waals surface area contributed by atoms with Gasteiger partial charge in [0.15, 0.2) is 5.82 Å². The van der Waals surface area contributed by atoms with Gasteiger partial charge in [0.05, 0.1) is 17.6 Å². The first-order chi connectivity index (χ1) is 11.9. The molecule has 0 saturated heterocycles. The van der Waals surface area contributed by atoms with Crippen LogP contribution < -0.4 is 5.32 Å². The molecule has 0 unspecified atom stereocenters. The average molecular weight is 343 g/mol. The maximum absolute atomic E-state index is 13.8. The molecule has 132 valence electrons. The van der Waals surface area contributed by atoms with Gasteiger partial charge < -0.3 is 9.88 Å². The number of benzene rings is 1. The predicted octanol–water partition coefficient (Wildman–Crippen LogP) is 1.96. The molecule has 1 aromatic carbocycles. The molecule has 2 aromatic heterocycles. The number of aromatic nitrogens is 4. The third-order valence-electron chi connectivity index (χ3n) is 4.62. The lowest BCUT2D eigenvalue weighted by Gasteiger charge is -2.06. The number of para-hydroxylation sites is 1. The number of imidazole rings is 1. The molecule has 0 saturated carbocycles. The van der Waals surface area contributed by atoms with E-state index in [1.807, 2.05) is 38.6 Å². The first-order valence-electron chi connectivity index (χ1n) is 8.24. The predicted molar refractivity (Wildman–Crippen MR) is 93.8 cm³/mol. The summed E-state index contributed by atoms with van der Waals surface area (Å²) < 4.78 is 17.4. The van der Waals surface area contributed by atoms with E-state index in [4.69, 9.17) is 0 Å². The Kier molecular flexibility index (Phi) is 4.57. The van der Waals surface area contributed by atoms with E-state index >= 15 is 0 Å². The molecule has 0 atom stereocenters. The molecule has 0 aliphatic rings. The Balaban J connectivity index is 1.62. The molecule has 0 aliphatic carbocycles. The summed E-state index contributed by atoms with van der Waals surface area (Å²) in [6, 6.07) is 4.91. The topological polar surface area (TPSA) is 64.7 Å². The highest BCUT2D eigenvalue weighted by Crippen LogP contribution is 2.18. The lowest BCUT2D eigenvalue weighted by atomic mass is 10.1. The van der Waals surface area contributed by atoms with Gasteiger partial charge in [-0.25, -0.2) is 9.37 Å². The van der Waals surface area contributed by atoms with E-state index in [0.717, 1.165) is 28.3 Å². The summed E-state index contributed by atoms with van der Waals surface area (Å²) in [6.07, 6.45) is 0.851. The number of rotatable bonds is 5. The van der Waals surface area contributed by atoms with E-state index in [1.54, 1.807) is 10.7 Å². The number of hydrogen-bond donors (Lipinski definition) is 1. The van der Waals surface area contributed by atoms with Crippen molar-refractivity contribution in [3.63, 3.8) is 0 Å². The molecule has 3 aromatic rings. The second-order valence-electron chi connectivity index (χ2n) is 6.24. The van der Waals surface area contributed by atoms with Crippen molar-refractivity contribution in [3.8, 4) is 0 Å². The molecule has 7 heteroatoms. The second kappa shape index (κ2) is 6.66. The fourth-order valence-electron chi connectivity index (χ4n) is 3.06. The smallest absolute Gasteiger partial charge is 0.224 e. The van der Waals surface area contributed by atoms with Crippen LogP contribution in [0.15, 0.2) is 18.2 Å². The quantitative estimate of drug-likeness (QED) is 0.770. The molecule has 25 heavy (non-hydrogen) atoms. The Labute approximate surface area is 145 Å². The first-order valence-corrected chi connectivity index (χ1v) is 8.24. The number of carbonyl (C=O) groups is 1. The number of nitrogens with zero attached hydrogens (tertiary/aromatic N) is 4. The van der Waals surface area contributed by atoms with Crippen molar-refractivity contribution in [1.29, 1.82) is 0 Å². The molecule has 0 spiro atoms. The first kappa shape index (κ1) is 17.1. The van der Waals surface area contributed by atoms with Crippen molar-refractivity contribution >= 4 is 16.9 Å². The van der Waals surface area contributed by atoms with E-state index in [9.17, 15) is 9.18 Å². The van der Waals surface area contributed by atoms with E-state index in [2.05, 4.69) is 15.4 Å². The zero-order chi connectivity index (χ0) is 18.1. The highest BCUT2D eigenvalue weighted by molar-refractivity contribution is 5.79. The van der Waals surface area contributed by atoms with Crippen LogP contribution in [0.4, 0.5) is 4.39 Å². The Morgan fingerprint density at radius 3 is 2.68 bits per heavy atom. The van der Waals surface area contributed by atoms with E-state index in [-0.39, 0.29) is 11.7 Å². The van der Waals surface area contributed by atoms with Gasteiger partial charge in [-0.15, -0.1) is 0 Å². The minimum atomic E-state index is -0.328. The van der Waals surface area contributed by atoms with Crippen molar-refractivity contribution < 1.29 is 9.18 Å². The van der Waals surface area contributed by atoms with Crippen LogP contribution >= 0.6 is 0 Å². The van der Waals surface area contributed by atoms with Crippen molar-refractivity contribution in [3.05, 3.63) is 46.8 Å². The maximum Gasteiger partial charge on any atom is 0.224 e. The summed E-state index contributed by atoms with van der Waals surface area (Å²) in [6.45, 7) is 4.32. The lowest BCUT2D eigenvalue weighted by Crippen LogP contribution is -2.28. The Bertz CT molecular complexity index is 941. The van der Waals surface area contributed by atoms with Gasteiger partial charge in [-0.3, -0.25) is 9.48 Å². The van der Waals surface area contributed by atoms with Crippen LogP contribution in [0.3, 0.4) is 0 Å². The van der Waals surface area contributed by atoms with Gasteiger partial charge in [0.25, 0.3) is 0 Å². The van der Waals surface area contributed by atoms with Gasteiger partial charge in [0.2, 0.25) is 5.91 Å². The largest absolute Gasteiger partial charge is 0.355 e. The standard InChI is InChI=1S/C18H22FN5O/c1-11-13(12(2)24(4)22-11)10-17(25)20-9-8-16-21-18-14(19)6-5-7-15(18)23(16)3/h5-7H,8-10H2,1-4H3,(H,20,25). The van der Waals surface area contributed by atoms with Crippen molar-refractivity contribution in [1.82, 2.24) is 24.6 Å². The highest BCUT2D eigenvalue weighted by Gasteiger charge is 2.14. The number of fused-ring (bicyclic) bond motifs is 1. The van der Waals surface area contributed by atoms with Crippen LogP contribution in [0.1, 0.15) is 22.8 Å². The number of hydrogen-bond acceptors (Lipinski definition) is 3. The van der Waals surface area contributed by atoms with Crippen molar-refractivity contribution in [2.24, 2.45) is 14.1 Å². The summed E-state index contributed by atoms with van der Waals surface area (Å²) in [7, 11) is 3.73.